The second kappa shape index (κ2) is 8.50. The van der Waals surface area contributed by atoms with Gasteiger partial charge in [-0.1, -0.05) is 60.7 Å². The zero-order chi connectivity index (χ0) is 22.1. The number of benzene rings is 3. The first-order valence-electron chi connectivity index (χ1n) is 8.54. The van der Waals surface area contributed by atoms with Crippen molar-refractivity contribution in [1.29, 1.82) is 0 Å². The van der Waals surface area contributed by atoms with Gasteiger partial charge in [-0.05, 0) is 11.1 Å². The zero-order valence-electron chi connectivity index (χ0n) is 15.1. The van der Waals surface area contributed by atoms with E-state index < -0.39 is 56.1 Å². The molecule has 10 heteroatoms. The summed E-state index contributed by atoms with van der Waals surface area (Å²) in [5.74, 6) is -12.1. The maximum absolute atomic E-state index is 14.1. The lowest BCUT2D eigenvalue weighted by Gasteiger charge is -2.26. The molecule has 0 aliphatic rings. The van der Waals surface area contributed by atoms with Crippen molar-refractivity contribution in [2.45, 2.75) is 17.0 Å². The van der Waals surface area contributed by atoms with Crippen molar-refractivity contribution in [3.8, 4) is 0 Å². The molecule has 0 spiro atoms. The third-order valence-electron chi connectivity index (χ3n) is 4.42. The number of hydrogen-bond donors (Lipinski definition) is 2. The molecule has 0 heterocycles. The summed E-state index contributed by atoms with van der Waals surface area (Å²) in [7, 11) is -5.21. The van der Waals surface area contributed by atoms with Crippen LogP contribution in [-0.4, -0.2) is 8.42 Å². The molecule has 0 saturated heterocycles. The van der Waals surface area contributed by atoms with Gasteiger partial charge in [-0.25, -0.2) is 35.1 Å². The van der Waals surface area contributed by atoms with Gasteiger partial charge in [-0.2, -0.15) is 0 Å². The molecular formula is C20H15F5N2O2S. The monoisotopic (exact) mass is 442 g/mol. The van der Waals surface area contributed by atoms with Gasteiger partial charge in [0.25, 0.3) is 0 Å². The largest absolute Gasteiger partial charge is 0.322 e. The smallest absolute Gasteiger partial charge is 0.247 e. The number of halogens is 5. The third-order valence-corrected chi connectivity index (χ3v) is 5.88. The maximum atomic E-state index is 14.1. The van der Waals surface area contributed by atoms with Crippen LogP contribution >= 0.6 is 0 Å². The Bertz CT molecular complexity index is 1130. The van der Waals surface area contributed by atoms with Crippen LogP contribution in [0.1, 0.15) is 23.2 Å². The molecule has 3 rings (SSSR count). The Kier molecular flexibility index (Phi) is 6.20. The molecule has 0 unspecified atom stereocenters. The molecule has 30 heavy (non-hydrogen) atoms. The van der Waals surface area contributed by atoms with Gasteiger partial charge in [0.1, 0.15) is 0 Å². The van der Waals surface area contributed by atoms with E-state index in [2.05, 4.69) is 0 Å². The molecule has 0 bridgehead atoms. The molecule has 0 aliphatic carbocycles. The summed E-state index contributed by atoms with van der Waals surface area (Å²) in [6, 6.07) is 13.7. The van der Waals surface area contributed by atoms with E-state index in [-0.39, 0.29) is 0 Å². The summed E-state index contributed by atoms with van der Waals surface area (Å²) in [6.07, 6.45) is 0. The third kappa shape index (κ3) is 4.07. The first kappa shape index (κ1) is 21.9. The van der Waals surface area contributed by atoms with Gasteiger partial charge >= 0.3 is 0 Å². The lowest BCUT2D eigenvalue weighted by molar-refractivity contribution is 0.356. The molecule has 0 radical (unpaired) electrons. The van der Waals surface area contributed by atoms with Crippen LogP contribution in [0, 0.1) is 29.1 Å². The van der Waals surface area contributed by atoms with Crippen LogP contribution < -0.4 is 10.5 Å². The topological polar surface area (TPSA) is 72.2 Å². The fourth-order valence-electron chi connectivity index (χ4n) is 2.92. The highest BCUT2D eigenvalue weighted by Gasteiger charge is 2.36. The van der Waals surface area contributed by atoms with E-state index in [1.54, 1.807) is 48.5 Å². The van der Waals surface area contributed by atoms with Crippen molar-refractivity contribution < 1.29 is 30.4 Å². The Morgan fingerprint density at radius 2 is 1.07 bits per heavy atom. The van der Waals surface area contributed by atoms with E-state index in [1.807, 2.05) is 4.72 Å². The van der Waals surface area contributed by atoms with Crippen molar-refractivity contribution in [1.82, 2.24) is 4.72 Å². The molecule has 0 fully saturated rings. The quantitative estimate of drug-likeness (QED) is 0.343. The average molecular weight is 442 g/mol. The lowest BCUT2D eigenvalue weighted by atomic mass is 9.95. The number of nitrogens with one attached hydrogen (secondary N) is 1. The highest BCUT2D eigenvalue weighted by Crippen LogP contribution is 2.31. The SMILES string of the molecule is N[C@@H](c1ccccc1)[C@@H](NS(=O)(=O)c1c(F)c(F)c(F)c(F)c1F)c1ccccc1. The minimum Gasteiger partial charge on any atom is -0.322 e. The summed E-state index contributed by atoms with van der Waals surface area (Å²) in [5, 5.41) is 0. The van der Waals surface area contributed by atoms with E-state index in [4.69, 9.17) is 5.73 Å². The second-order valence-corrected chi connectivity index (χ2v) is 8.00. The summed E-state index contributed by atoms with van der Waals surface area (Å²) in [5.41, 5.74) is 6.99. The molecule has 3 N–H and O–H groups in total. The molecule has 0 saturated carbocycles. The van der Waals surface area contributed by atoms with Crippen molar-refractivity contribution in [3.63, 3.8) is 0 Å². The van der Waals surface area contributed by atoms with Crippen LogP contribution in [0.2, 0.25) is 0 Å². The van der Waals surface area contributed by atoms with Gasteiger partial charge in [0.15, 0.2) is 28.2 Å². The molecule has 0 aromatic heterocycles. The molecule has 0 aliphatic heterocycles. The van der Waals surface area contributed by atoms with E-state index in [0.29, 0.717) is 11.1 Å². The zero-order valence-corrected chi connectivity index (χ0v) is 15.9. The van der Waals surface area contributed by atoms with Crippen molar-refractivity contribution in [2.75, 3.05) is 0 Å². The van der Waals surface area contributed by atoms with Crippen LogP contribution in [0.25, 0.3) is 0 Å². The number of rotatable bonds is 6. The number of nitrogens with two attached hydrogens (primary N) is 1. The Morgan fingerprint density at radius 1 is 0.667 bits per heavy atom. The van der Waals surface area contributed by atoms with Gasteiger partial charge < -0.3 is 5.73 Å². The van der Waals surface area contributed by atoms with Crippen molar-refractivity contribution >= 4 is 10.0 Å². The minimum atomic E-state index is -5.21. The summed E-state index contributed by atoms with van der Waals surface area (Å²) in [6.45, 7) is 0. The van der Waals surface area contributed by atoms with E-state index in [0.717, 1.165) is 0 Å². The summed E-state index contributed by atoms with van der Waals surface area (Å²) < 4.78 is 96.0. The Balaban J connectivity index is 2.12. The van der Waals surface area contributed by atoms with E-state index in [9.17, 15) is 30.4 Å². The van der Waals surface area contributed by atoms with Gasteiger partial charge in [0.2, 0.25) is 15.8 Å². The molecule has 0 amide bonds. The fraction of sp³-hybridized carbons (Fsp3) is 0.100. The normalized spacial score (nSPS) is 13.8. The Morgan fingerprint density at radius 3 is 1.53 bits per heavy atom. The van der Waals surface area contributed by atoms with Gasteiger partial charge in [-0.3, -0.25) is 0 Å². The molecule has 3 aromatic carbocycles. The second-order valence-electron chi connectivity index (χ2n) is 6.35. The predicted molar refractivity (Wildman–Crippen MR) is 99.1 cm³/mol. The summed E-state index contributed by atoms with van der Waals surface area (Å²) >= 11 is 0. The van der Waals surface area contributed by atoms with Crippen molar-refractivity contribution in [2.24, 2.45) is 5.73 Å². The summed E-state index contributed by atoms with van der Waals surface area (Å²) in [4.78, 5) is -1.97. The fourth-order valence-corrected chi connectivity index (χ4v) is 4.31. The minimum absolute atomic E-state index is 0.321. The van der Waals surface area contributed by atoms with Crippen LogP contribution in [0.4, 0.5) is 22.0 Å². The Labute approximate surface area is 169 Å². The number of hydrogen-bond acceptors (Lipinski definition) is 3. The first-order chi connectivity index (χ1) is 14.1. The highest BCUT2D eigenvalue weighted by atomic mass is 32.2. The van der Waals surface area contributed by atoms with Crippen LogP contribution in [0.15, 0.2) is 65.6 Å². The van der Waals surface area contributed by atoms with Gasteiger partial charge in [0, 0.05) is 0 Å². The predicted octanol–water partition coefficient (Wildman–Crippen LogP) is 4.10. The first-order valence-corrected chi connectivity index (χ1v) is 10.0. The standard InChI is InChI=1S/C20H15F5N2O2S/c21-13-14(22)16(24)20(17(25)15(13)23)30(28,29)27-19(12-9-5-2-6-10-12)18(26)11-7-3-1-4-8-11/h1-10,18-19,27H,26H2/t18-,19-/m0/s1. The van der Waals surface area contributed by atoms with Gasteiger partial charge in [-0.15, -0.1) is 0 Å². The van der Waals surface area contributed by atoms with Crippen LogP contribution in [0.3, 0.4) is 0 Å². The maximum Gasteiger partial charge on any atom is 0.247 e. The van der Waals surface area contributed by atoms with E-state index in [1.165, 1.54) is 12.1 Å². The average Bonchev–Trinajstić information content (AvgIpc) is 2.75. The molecule has 158 valence electrons. The van der Waals surface area contributed by atoms with E-state index >= 15 is 0 Å². The highest BCUT2D eigenvalue weighted by molar-refractivity contribution is 7.89. The van der Waals surface area contributed by atoms with Crippen LogP contribution in [0.5, 0.6) is 0 Å². The molecular weight excluding hydrogens is 427 g/mol. The molecule has 3 aromatic rings. The Hall–Kier alpha value is -2.82. The van der Waals surface area contributed by atoms with Gasteiger partial charge in [0.05, 0.1) is 12.1 Å². The lowest BCUT2D eigenvalue weighted by Crippen LogP contribution is -2.37. The van der Waals surface area contributed by atoms with Crippen LogP contribution in [-0.2, 0) is 10.0 Å². The number of sulfonamides is 1. The van der Waals surface area contributed by atoms with Crippen molar-refractivity contribution in [3.05, 3.63) is 101 Å². The molecule has 2 atom stereocenters. The molecule has 4 nitrogen and oxygen atoms in total.